The van der Waals surface area contributed by atoms with Crippen LogP contribution in [-0.4, -0.2) is 8.42 Å². The fourth-order valence-corrected chi connectivity index (χ4v) is 4.00. The first-order valence-corrected chi connectivity index (χ1v) is 10.4. The molecular weight excluding hydrogens is 356 g/mol. The molecule has 0 amide bonds. The van der Waals surface area contributed by atoms with Crippen molar-refractivity contribution in [2.24, 2.45) is 0 Å². The van der Waals surface area contributed by atoms with Crippen LogP contribution in [0, 0.1) is 0 Å². The molecule has 0 saturated heterocycles. The zero-order valence-corrected chi connectivity index (χ0v) is 16.7. The minimum atomic E-state index is -3.48. The van der Waals surface area contributed by atoms with E-state index in [9.17, 15) is 8.42 Å². The van der Waals surface area contributed by atoms with Gasteiger partial charge in [0.05, 0.1) is 9.79 Å². The summed E-state index contributed by atoms with van der Waals surface area (Å²) < 4.78 is 31.0. The third-order valence-electron chi connectivity index (χ3n) is 4.41. The molecular formula is C23H24O3S. The van der Waals surface area contributed by atoms with Crippen molar-refractivity contribution in [2.45, 2.75) is 42.6 Å². The first kappa shape index (κ1) is 19.2. The van der Waals surface area contributed by atoms with Crippen LogP contribution in [0.25, 0.3) is 0 Å². The molecule has 3 nitrogen and oxygen atoms in total. The first-order chi connectivity index (χ1) is 12.8. The third kappa shape index (κ3) is 4.58. The van der Waals surface area contributed by atoms with Gasteiger partial charge in [-0.25, -0.2) is 8.42 Å². The molecule has 0 fully saturated rings. The molecule has 3 rings (SSSR count). The van der Waals surface area contributed by atoms with Crippen molar-refractivity contribution in [3.05, 3.63) is 90.0 Å². The summed E-state index contributed by atoms with van der Waals surface area (Å²) in [7, 11) is -3.48. The average molecular weight is 381 g/mol. The van der Waals surface area contributed by atoms with Gasteiger partial charge in [-0.05, 0) is 52.9 Å². The molecule has 0 aliphatic heterocycles. The lowest BCUT2D eigenvalue weighted by Gasteiger charge is -2.19. The van der Waals surface area contributed by atoms with E-state index in [1.165, 1.54) is 5.56 Å². The van der Waals surface area contributed by atoms with Gasteiger partial charge in [0, 0.05) is 0 Å². The minimum Gasteiger partial charge on any atom is -0.489 e. The van der Waals surface area contributed by atoms with E-state index in [0.29, 0.717) is 11.5 Å². The maximum atomic E-state index is 12.6. The van der Waals surface area contributed by atoms with Crippen LogP contribution < -0.4 is 4.74 Å². The zero-order chi connectivity index (χ0) is 19.5. The molecule has 0 aromatic heterocycles. The second-order valence-electron chi connectivity index (χ2n) is 7.52. The van der Waals surface area contributed by atoms with Gasteiger partial charge in [-0.2, -0.15) is 0 Å². The largest absolute Gasteiger partial charge is 0.489 e. The van der Waals surface area contributed by atoms with Gasteiger partial charge in [0.25, 0.3) is 0 Å². The van der Waals surface area contributed by atoms with Crippen molar-refractivity contribution < 1.29 is 13.2 Å². The number of rotatable bonds is 5. The molecule has 0 bridgehead atoms. The number of sulfone groups is 1. The van der Waals surface area contributed by atoms with Crippen LogP contribution in [0.3, 0.4) is 0 Å². The highest BCUT2D eigenvalue weighted by Gasteiger charge is 2.17. The number of hydrogen-bond donors (Lipinski definition) is 0. The van der Waals surface area contributed by atoms with Crippen LogP contribution in [-0.2, 0) is 21.9 Å². The van der Waals surface area contributed by atoms with Crippen LogP contribution in [0.4, 0.5) is 0 Å². The molecule has 0 saturated carbocycles. The summed E-state index contributed by atoms with van der Waals surface area (Å²) in [6.07, 6.45) is 0. The molecule has 140 valence electrons. The lowest BCUT2D eigenvalue weighted by atomic mass is 9.87. The number of hydrogen-bond acceptors (Lipinski definition) is 3. The van der Waals surface area contributed by atoms with Gasteiger partial charge >= 0.3 is 0 Å². The number of benzene rings is 3. The molecule has 0 aliphatic carbocycles. The van der Waals surface area contributed by atoms with Gasteiger partial charge < -0.3 is 4.74 Å². The highest BCUT2D eigenvalue weighted by molar-refractivity contribution is 7.91. The Morgan fingerprint density at radius 1 is 0.741 bits per heavy atom. The summed E-state index contributed by atoms with van der Waals surface area (Å²) in [6, 6.07) is 23.4. The van der Waals surface area contributed by atoms with Crippen LogP contribution in [0.5, 0.6) is 5.75 Å². The SMILES string of the molecule is CC(C)(C)c1ccc(OCc2ccc(S(=O)(=O)c3ccccc3)cc2)cc1. The molecule has 3 aromatic carbocycles. The normalized spacial score (nSPS) is 12.0. The Hall–Kier alpha value is -2.59. The molecule has 0 spiro atoms. The predicted octanol–water partition coefficient (Wildman–Crippen LogP) is 5.40. The van der Waals surface area contributed by atoms with Crippen molar-refractivity contribution >= 4 is 9.84 Å². The monoisotopic (exact) mass is 380 g/mol. The zero-order valence-electron chi connectivity index (χ0n) is 15.8. The van der Waals surface area contributed by atoms with Crippen LogP contribution in [0.1, 0.15) is 31.9 Å². The molecule has 0 N–H and O–H groups in total. The second kappa shape index (κ2) is 7.57. The Labute approximate surface area is 161 Å². The quantitative estimate of drug-likeness (QED) is 0.595. The van der Waals surface area contributed by atoms with E-state index in [2.05, 4.69) is 32.9 Å². The standard InChI is InChI=1S/C23H24O3S/c1-23(2,3)19-11-13-20(14-12-19)26-17-18-9-15-22(16-10-18)27(24,25)21-7-5-4-6-8-21/h4-16H,17H2,1-3H3. The van der Waals surface area contributed by atoms with E-state index in [-0.39, 0.29) is 10.3 Å². The van der Waals surface area contributed by atoms with Crippen LogP contribution >= 0.6 is 0 Å². The molecule has 27 heavy (non-hydrogen) atoms. The fraction of sp³-hybridized carbons (Fsp3) is 0.217. The molecule has 0 atom stereocenters. The van der Waals surface area contributed by atoms with E-state index in [0.717, 1.165) is 11.3 Å². The fourth-order valence-electron chi connectivity index (χ4n) is 2.72. The molecule has 0 aliphatic rings. The summed E-state index contributed by atoms with van der Waals surface area (Å²) in [4.78, 5) is 0.583. The summed E-state index contributed by atoms with van der Waals surface area (Å²) in [5, 5.41) is 0. The van der Waals surface area contributed by atoms with Gasteiger partial charge in [0.2, 0.25) is 9.84 Å². The van der Waals surface area contributed by atoms with Crippen molar-refractivity contribution in [1.29, 1.82) is 0 Å². The van der Waals surface area contributed by atoms with E-state index < -0.39 is 9.84 Å². The molecule has 0 unspecified atom stereocenters. The minimum absolute atomic E-state index is 0.110. The van der Waals surface area contributed by atoms with Gasteiger partial charge in [-0.3, -0.25) is 0 Å². The molecule has 0 radical (unpaired) electrons. The summed E-state index contributed by atoms with van der Waals surface area (Å²) >= 11 is 0. The summed E-state index contributed by atoms with van der Waals surface area (Å²) in [6.45, 7) is 6.91. The highest BCUT2D eigenvalue weighted by atomic mass is 32.2. The summed E-state index contributed by atoms with van der Waals surface area (Å²) in [5.41, 5.74) is 2.28. The third-order valence-corrected chi connectivity index (χ3v) is 6.20. The number of ether oxygens (including phenoxy) is 1. The molecule has 4 heteroatoms. The Morgan fingerprint density at radius 3 is 1.85 bits per heavy atom. The van der Waals surface area contributed by atoms with Crippen molar-refractivity contribution in [3.8, 4) is 5.75 Å². The van der Waals surface area contributed by atoms with Gasteiger partial charge in [0.15, 0.2) is 0 Å². The maximum absolute atomic E-state index is 12.6. The van der Waals surface area contributed by atoms with Gasteiger partial charge in [-0.15, -0.1) is 0 Å². The summed E-state index contributed by atoms with van der Waals surface area (Å²) in [5.74, 6) is 0.795. The predicted molar refractivity (Wildman–Crippen MR) is 108 cm³/mol. The van der Waals surface area contributed by atoms with E-state index >= 15 is 0 Å². The van der Waals surface area contributed by atoms with Crippen LogP contribution in [0.15, 0.2) is 88.7 Å². The highest BCUT2D eigenvalue weighted by Crippen LogP contribution is 2.25. The van der Waals surface area contributed by atoms with Crippen LogP contribution in [0.2, 0.25) is 0 Å². The topological polar surface area (TPSA) is 43.4 Å². The van der Waals surface area contributed by atoms with Gasteiger partial charge in [0.1, 0.15) is 12.4 Å². The van der Waals surface area contributed by atoms with E-state index in [1.807, 2.05) is 12.1 Å². The van der Waals surface area contributed by atoms with Crippen molar-refractivity contribution in [2.75, 3.05) is 0 Å². The van der Waals surface area contributed by atoms with Crippen molar-refractivity contribution in [1.82, 2.24) is 0 Å². The second-order valence-corrected chi connectivity index (χ2v) is 9.47. The molecule has 3 aromatic rings. The smallest absolute Gasteiger partial charge is 0.206 e. The van der Waals surface area contributed by atoms with Crippen molar-refractivity contribution in [3.63, 3.8) is 0 Å². The molecule has 0 heterocycles. The Bertz CT molecular complexity index is 982. The average Bonchev–Trinajstić information content (AvgIpc) is 2.67. The maximum Gasteiger partial charge on any atom is 0.206 e. The lowest BCUT2D eigenvalue weighted by molar-refractivity contribution is 0.306. The van der Waals surface area contributed by atoms with E-state index in [1.54, 1.807) is 54.6 Å². The Balaban J connectivity index is 1.68. The Kier molecular flexibility index (Phi) is 5.38. The lowest BCUT2D eigenvalue weighted by Crippen LogP contribution is -2.10. The first-order valence-electron chi connectivity index (χ1n) is 8.89. The van der Waals surface area contributed by atoms with Gasteiger partial charge in [-0.1, -0.05) is 63.2 Å². The Morgan fingerprint density at radius 2 is 1.30 bits per heavy atom. The van der Waals surface area contributed by atoms with E-state index in [4.69, 9.17) is 4.74 Å².